The number of carbonyl (C=O) groups is 1. The topological polar surface area (TPSA) is 17.1 Å². The molecule has 0 N–H and O–H groups in total. The van der Waals surface area contributed by atoms with Crippen molar-refractivity contribution in [2.45, 2.75) is 24.6 Å². The predicted octanol–water partition coefficient (Wildman–Crippen LogP) is 2.47. The maximum atomic E-state index is 10.6. The van der Waals surface area contributed by atoms with E-state index < -0.39 is 0 Å². The van der Waals surface area contributed by atoms with Gasteiger partial charge in [0.25, 0.3) is 0 Å². The second kappa shape index (κ2) is 2.97. The molecule has 1 unspecified atom stereocenters. The van der Waals surface area contributed by atoms with Crippen LogP contribution in [0.15, 0.2) is 0 Å². The van der Waals surface area contributed by atoms with Crippen LogP contribution in [-0.2, 0) is 4.79 Å². The molecule has 0 spiro atoms. The van der Waals surface area contributed by atoms with E-state index in [0.29, 0.717) is 0 Å². The molecule has 0 aliphatic heterocycles. The third kappa shape index (κ3) is 2.27. The Morgan fingerprint density at radius 3 is 2.12 bits per heavy atom. The molecule has 1 atom stereocenters. The van der Waals surface area contributed by atoms with Crippen molar-refractivity contribution in [1.29, 1.82) is 0 Å². The quantitative estimate of drug-likeness (QED) is 0.538. The Morgan fingerprint density at radius 1 is 1.75 bits per heavy atom. The average molecular weight is 244 g/mol. The Balaban J connectivity index is 3.91. The van der Waals surface area contributed by atoms with Crippen LogP contribution in [-0.4, -0.2) is 9.02 Å². The van der Waals surface area contributed by atoms with Gasteiger partial charge in [0.1, 0.15) is 0 Å². The summed E-state index contributed by atoms with van der Waals surface area (Å²) in [6.07, 6.45) is 0.803. The van der Waals surface area contributed by atoms with Crippen molar-refractivity contribution in [2.75, 3.05) is 0 Å². The Kier molecular flexibility index (Phi) is 3.20. The monoisotopic (exact) mass is 242 g/mol. The molecule has 0 amide bonds. The number of rotatable bonds is 2. The number of carbonyl (C=O) groups excluding carboxylic acids is 1. The van der Waals surface area contributed by atoms with Gasteiger partial charge < -0.3 is 0 Å². The standard InChI is InChI=1S/C5H8Br2O/c1-3-5(2,7)4(6)8/h3H2,1-2H3. The van der Waals surface area contributed by atoms with Crippen molar-refractivity contribution < 1.29 is 4.79 Å². The maximum absolute atomic E-state index is 10.6. The summed E-state index contributed by atoms with van der Waals surface area (Å²) >= 11 is 6.12. The van der Waals surface area contributed by atoms with E-state index in [1.54, 1.807) is 0 Å². The Bertz CT molecular complexity index is 98.6. The van der Waals surface area contributed by atoms with Gasteiger partial charge in [0, 0.05) is 0 Å². The van der Waals surface area contributed by atoms with E-state index in [9.17, 15) is 4.79 Å². The number of halogens is 2. The highest BCUT2D eigenvalue weighted by Crippen LogP contribution is 2.24. The molecule has 48 valence electrons. The van der Waals surface area contributed by atoms with E-state index >= 15 is 0 Å². The third-order valence-corrected chi connectivity index (χ3v) is 3.40. The van der Waals surface area contributed by atoms with E-state index in [2.05, 4.69) is 31.9 Å². The van der Waals surface area contributed by atoms with E-state index in [-0.39, 0.29) is 9.02 Å². The lowest BCUT2D eigenvalue weighted by Crippen LogP contribution is -2.21. The molecule has 0 heterocycles. The van der Waals surface area contributed by atoms with Gasteiger partial charge in [0.2, 0.25) is 4.69 Å². The molecule has 8 heavy (non-hydrogen) atoms. The van der Waals surface area contributed by atoms with E-state index in [4.69, 9.17) is 0 Å². The normalized spacial score (nSPS) is 17.5. The van der Waals surface area contributed by atoms with Crippen molar-refractivity contribution in [3.63, 3.8) is 0 Å². The molecule has 0 rings (SSSR count). The van der Waals surface area contributed by atoms with Gasteiger partial charge in [0.05, 0.1) is 4.32 Å². The van der Waals surface area contributed by atoms with Gasteiger partial charge in [-0.3, -0.25) is 4.79 Å². The fourth-order valence-electron chi connectivity index (χ4n) is 0.139. The lowest BCUT2D eigenvalue weighted by atomic mass is 10.1. The Labute approximate surface area is 66.1 Å². The Morgan fingerprint density at radius 2 is 2.12 bits per heavy atom. The minimum absolute atomic E-state index is 0.00694. The van der Waals surface area contributed by atoms with Crippen LogP contribution in [0.25, 0.3) is 0 Å². The zero-order chi connectivity index (χ0) is 6.78. The summed E-state index contributed by atoms with van der Waals surface area (Å²) in [7, 11) is 0. The second-order valence-electron chi connectivity index (χ2n) is 1.82. The number of hydrogen-bond donors (Lipinski definition) is 0. The number of hydrogen-bond acceptors (Lipinski definition) is 1. The van der Waals surface area contributed by atoms with Crippen LogP contribution in [0.1, 0.15) is 20.3 Å². The molecular weight excluding hydrogens is 236 g/mol. The molecule has 0 saturated carbocycles. The summed E-state index contributed by atoms with van der Waals surface area (Å²) in [4.78, 5) is 10.6. The van der Waals surface area contributed by atoms with Crippen LogP contribution in [0.3, 0.4) is 0 Å². The predicted molar refractivity (Wildman–Crippen MR) is 41.6 cm³/mol. The summed E-state index contributed by atoms with van der Waals surface area (Å²) in [5, 5.41) is 0. The summed E-state index contributed by atoms with van der Waals surface area (Å²) < 4.78 is -0.361. The second-order valence-corrected chi connectivity index (χ2v) is 4.30. The highest BCUT2D eigenvalue weighted by molar-refractivity contribution is 9.20. The van der Waals surface area contributed by atoms with Crippen LogP contribution >= 0.6 is 31.9 Å². The molecule has 0 aliphatic rings. The molecule has 0 radical (unpaired) electrons. The summed E-state index contributed by atoms with van der Waals surface area (Å²) in [6, 6.07) is 0. The van der Waals surface area contributed by atoms with Gasteiger partial charge in [-0.2, -0.15) is 0 Å². The van der Waals surface area contributed by atoms with Crippen LogP contribution < -0.4 is 0 Å². The van der Waals surface area contributed by atoms with E-state index in [0.717, 1.165) is 6.42 Å². The molecule has 0 aliphatic carbocycles. The minimum atomic E-state index is -0.368. The first-order valence-corrected chi connectivity index (χ1v) is 3.98. The number of alkyl halides is 1. The summed E-state index contributed by atoms with van der Waals surface area (Å²) in [5.41, 5.74) is 0. The highest BCUT2D eigenvalue weighted by Gasteiger charge is 2.24. The molecule has 1 nitrogen and oxygen atoms in total. The average Bonchev–Trinajstić information content (AvgIpc) is 1.67. The first-order valence-electron chi connectivity index (χ1n) is 2.39. The molecule has 0 bridgehead atoms. The summed E-state index contributed by atoms with van der Waals surface area (Å²) in [5.74, 6) is 0. The van der Waals surface area contributed by atoms with Crippen molar-refractivity contribution >= 4 is 36.6 Å². The first-order chi connectivity index (χ1) is 3.50. The minimum Gasteiger partial charge on any atom is -0.285 e. The Hall–Kier alpha value is 0.630. The molecule has 0 aromatic heterocycles. The molecule has 0 aromatic rings. The van der Waals surface area contributed by atoms with Crippen molar-refractivity contribution in [1.82, 2.24) is 0 Å². The maximum Gasteiger partial charge on any atom is 0.214 e. The van der Waals surface area contributed by atoms with Gasteiger partial charge >= 0.3 is 0 Å². The van der Waals surface area contributed by atoms with Gasteiger partial charge in [-0.1, -0.05) is 22.9 Å². The van der Waals surface area contributed by atoms with Crippen molar-refractivity contribution in [3.05, 3.63) is 0 Å². The van der Waals surface area contributed by atoms with E-state index in [1.807, 2.05) is 13.8 Å². The largest absolute Gasteiger partial charge is 0.285 e. The lowest BCUT2D eigenvalue weighted by Gasteiger charge is -2.12. The zero-order valence-corrected chi connectivity index (χ0v) is 8.04. The highest BCUT2D eigenvalue weighted by atomic mass is 79.9. The molecule has 0 fully saturated rings. The van der Waals surface area contributed by atoms with Crippen LogP contribution in [0.5, 0.6) is 0 Å². The lowest BCUT2D eigenvalue weighted by molar-refractivity contribution is -0.111. The van der Waals surface area contributed by atoms with Crippen LogP contribution in [0.4, 0.5) is 0 Å². The fourth-order valence-corrected chi connectivity index (χ4v) is 0.419. The molecule has 0 aromatic carbocycles. The van der Waals surface area contributed by atoms with Gasteiger partial charge in [0.15, 0.2) is 0 Å². The van der Waals surface area contributed by atoms with Gasteiger partial charge in [-0.05, 0) is 29.3 Å². The van der Waals surface area contributed by atoms with E-state index in [1.165, 1.54) is 0 Å². The molecular formula is C5H8Br2O. The fraction of sp³-hybridized carbons (Fsp3) is 0.800. The summed E-state index contributed by atoms with van der Waals surface area (Å²) in [6.45, 7) is 3.79. The van der Waals surface area contributed by atoms with Crippen LogP contribution in [0, 0.1) is 0 Å². The van der Waals surface area contributed by atoms with Gasteiger partial charge in [-0.15, -0.1) is 0 Å². The van der Waals surface area contributed by atoms with Crippen molar-refractivity contribution in [2.24, 2.45) is 0 Å². The molecule has 0 saturated heterocycles. The zero-order valence-electron chi connectivity index (χ0n) is 4.87. The first kappa shape index (κ1) is 8.63. The third-order valence-electron chi connectivity index (χ3n) is 1.07. The smallest absolute Gasteiger partial charge is 0.214 e. The molecule has 3 heteroatoms. The SMILES string of the molecule is CCC(C)(Br)C(=O)Br. The van der Waals surface area contributed by atoms with Crippen LogP contribution in [0.2, 0.25) is 0 Å². The van der Waals surface area contributed by atoms with Crippen molar-refractivity contribution in [3.8, 4) is 0 Å². The van der Waals surface area contributed by atoms with Gasteiger partial charge in [-0.25, -0.2) is 0 Å².